The van der Waals surface area contributed by atoms with Crippen molar-refractivity contribution in [2.75, 3.05) is 18.5 Å². The molecule has 21 heavy (non-hydrogen) atoms. The quantitative estimate of drug-likeness (QED) is 0.781. The van der Waals surface area contributed by atoms with Crippen molar-refractivity contribution >= 4 is 16.7 Å². The van der Waals surface area contributed by atoms with Crippen LogP contribution in [-0.4, -0.2) is 18.6 Å². The molecular formula is C17H19N3O. The van der Waals surface area contributed by atoms with Crippen molar-refractivity contribution < 1.29 is 4.42 Å². The van der Waals surface area contributed by atoms with E-state index < -0.39 is 0 Å². The van der Waals surface area contributed by atoms with E-state index in [9.17, 15) is 0 Å². The third-order valence-electron chi connectivity index (χ3n) is 3.53. The molecular weight excluding hydrogens is 262 g/mol. The second-order valence-corrected chi connectivity index (χ2v) is 5.14. The lowest BCUT2D eigenvalue weighted by Crippen LogP contribution is -2.20. The minimum atomic E-state index is 0.613. The maximum atomic E-state index is 5.74. The van der Waals surface area contributed by atoms with E-state index >= 15 is 0 Å². The van der Waals surface area contributed by atoms with E-state index in [2.05, 4.69) is 17.0 Å². The molecule has 0 aliphatic heterocycles. The van der Waals surface area contributed by atoms with Gasteiger partial charge in [-0.15, -0.1) is 0 Å². The molecule has 4 nitrogen and oxygen atoms in total. The highest BCUT2D eigenvalue weighted by molar-refractivity contribution is 5.81. The molecule has 4 heteroatoms. The molecule has 3 rings (SSSR count). The Labute approximate surface area is 124 Å². The largest absolute Gasteiger partial charge is 0.467 e. The highest BCUT2D eigenvalue weighted by Gasteiger charge is 2.12. The molecule has 1 aromatic carbocycles. The van der Waals surface area contributed by atoms with Crippen LogP contribution in [0.25, 0.3) is 10.9 Å². The van der Waals surface area contributed by atoms with Crippen LogP contribution >= 0.6 is 0 Å². The molecule has 0 atom stereocenters. The van der Waals surface area contributed by atoms with Gasteiger partial charge in [-0.2, -0.15) is 0 Å². The van der Waals surface area contributed by atoms with Crippen molar-refractivity contribution in [1.29, 1.82) is 0 Å². The van der Waals surface area contributed by atoms with Crippen LogP contribution in [0.2, 0.25) is 0 Å². The van der Waals surface area contributed by atoms with Crippen LogP contribution in [0.4, 0.5) is 5.82 Å². The average molecular weight is 281 g/mol. The van der Waals surface area contributed by atoms with Gasteiger partial charge in [0.2, 0.25) is 0 Å². The molecule has 0 radical (unpaired) electrons. The number of furan rings is 1. The van der Waals surface area contributed by atoms with Crippen molar-refractivity contribution in [3.8, 4) is 0 Å². The normalized spacial score (nSPS) is 11.0. The number of fused-ring (bicyclic) bond motifs is 1. The van der Waals surface area contributed by atoms with Crippen LogP contribution in [0.3, 0.4) is 0 Å². The highest BCUT2D eigenvalue weighted by Crippen LogP contribution is 2.24. The lowest BCUT2D eigenvalue weighted by molar-refractivity contribution is 0.507. The second kappa shape index (κ2) is 5.97. The minimum Gasteiger partial charge on any atom is -0.467 e. The summed E-state index contributed by atoms with van der Waals surface area (Å²) in [4.78, 5) is 6.91. The molecule has 0 saturated carbocycles. The summed E-state index contributed by atoms with van der Waals surface area (Å²) >= 11 is 0. The van der Waals surface area contributed by atoms with Crippen LogP contribution < -0.4 is 10.6 Å². The van der Waals surface area contributed by atoms with Crippen molar-refractivity contribution in [3.05, 3.63) is 60.1 Å². The third-order valence-corrected chi connectivity index (χ3v) is 3.53. The van der Waals surface area contributed by atoms with E-state index in [1.807, 2.05) is 37.4 Å². The number of para-hydroxylation sites is 1. The van der Waals surface area contributed by atoms with Gasteiger partial charge in [-0.05, 0) is 42.8 Å². The minimum absolute atomic E-state index is 0.613. The summed E-state index contributed by atoms with van der Waals surface area (Å²) in [6, 6.07) is 14.2. The van der Waals surface area contributed by atoms with Crippen molar-refractivity contribution in [2.24, 2.45) is 5.73 Å². The van der Waals surface area contributed by atoms with Gasteiger partial charge in [-0.25, -0.2) is 4.98 Å². The number of nitrogens with two attached hydrogens (primary N) is 1. The van der Waals surface area contributed by atoms with Crippen LogP contribution in [0, 0.1) is 0 Å². The molecule has 0 saturated heterocycles. The standard InChI is InChI=1S/C17H19N3O/c1-20(12-15-6-4-10-21-15)17-14(8-9-18)11-13-5-2-3-7-16(13)19-17/h2-7,10-11H,8-9,12,18H2,1H3. The van der Waals surface area contributed by atoms with Gasteiger partial charge in [0.15, 0.2) is 0 Å². The van der Waals surface area contributed by atoms with Crippen molar-refractivity contribution in [1.82, 2.24) is 4.98 Å². The molecule has 0 aliphatic carbocycles. The van der Waals surface area contributed by atoms with Gasteiger partial charge in [0.05, 0.1) is 18.3 Å². The predicted molar refractivity (Wildman–Crippen MR) is 85.3 cm³/mol. The Morgan fingerprint density at radius 2 is 2.05 bits per heavy atom. The highest BCUT2D eigenvalue weighted by atomic mass is 16.3. The summed E-state index contributed by atoms with van der Waals surface area (Å²) in [5.74, 6) is 1.89. The van der Waals surface area contributed by atoms with Gasteiger partial charge < -0.3 is 15.1 Å². The fraction of sp³-hybridized carbons (Fsp3) is 0.235. The molecule has 0 amide bonds. The molecule has 0 fully saturated rings. The van der Waals surface area contributed by atoms with E-state index in [1.54, 1.807) is 6.26 Å². The Morgan fingerprint density at radius 1 is 1.19 bits per heavy atom. The summed E-state index contributed by atoms with van der Waals surface area (Å²) in [6.45, 7) is 1.30. The number of hydrogen-bond donors (Lipinski definition) is 1. The molecule has 108 valence electrons. The van der Waals surface area contributed by atoms with Gasteiger partial charge in [0, 0.05) is 12.4 Å². The fourth-order valence-corrected chi connectivity index (χ4v) is 2.53. The van der Waals surface area contributed by atoms with Crippen LogP contribution in [-0.2, 0) is 13.0 Å². The van der Waals surface area contributed by atoms with Gasteiger partial charge in [-0.3, -0.25) is 0 Å². The zero-order valence-electron chi connectivity index (χ0n) is 12.1. The van der Waals surface area contributed by atoms with E-state index in [4.69, 9.17) is 15.1 Å². The molecule has 2 aromatic heterocycles. The first-order valence-electron chi connectivity index (χ1n) is 7.10. The molecule has 2 heterocycles. The monoisotopic (exact) mass is 281 g/mol. The molecule has 0 aliphatic rings. The second-order valence-electron chi connectivity index (χ2n) is 5.14. The first-order valence-corrected chi connectivity index (χ1v) is 7.10. The first-order chi connectivity index (χ1) is 10.3. The number of rotatable bonds is 5. The SMILES string of the molecule is CN(Cc1ccco1)c1nc2ccccc2cc1CCN. The van der Waals surface area contributed by atoms with E-state index in [0.717, 1.165) is 28.9 Å². The Hall–Kier alpha value is -2.33. The van der Waals surface area contributed by atoms with E-state index in [1.165, 1.54) is 5.56 Å². The van der Waals surface area contributed by atoms with Crippen LogP contribution in [0.15, 0.2) is 53.1 Å². The maximum Gasteiger partial charge on any atom is 0.132 e. The van der Waals surface area contributed by atoms with E-state index in [-0.39, 0.29) is 0 Å². The van der Waals surface area contributed by atoms with Gasteiger partial charge >= 0.3 is 0 Å². The first kappa shape index (κ1) is 13.6. The maximum absolute atomic E-state index is 5.74. The molecule has 0 bridgehead atoms. The number of benzene rings is 1. The topological polar surface area (TPSA) is 55.3 Å². The Balaban J connectivity index is 1.99. The van der Waals surface area contributed by atoms with E-state index in [0.29, 0.717) is 13.1 Å². The molecule has 0 spiro atoms. The molecule has 3 aromatic rings. The van der Waals surface area contributed by atoms with Crippen molar-refractivity contribution in [2.45, 2.75) is 13.0 Å². The van der Waals surface area contributed by atoms with Crippen LogP contribution in [0.1, 0.15) is 11.3 Å². The Kier molecular flexibility index (Phi) is 3.88. The number of hydrogen-bond acceptors (Lipinski definition) is 4. The smallest absolute Gasteiger partial charge is 0.132 e. The Morgan fingerprint density at radius 3 is 2.81 bits per heavy atom. The molecule has 2 N–H and O–H groups in total. The lowest BCUT2D eigenvalue weighted by Gasteiger charge is -2.21. The molecule has 0 unspecified atom stereocenters. The van der Waals surface area contributed by atoms with Gasteiger partial charge in [-0.1, -0.05) is 18.2 Å². The zero-order valence-corrected chi connectivity index (χ0v) is 12.1. The third kappa shape index (κ3) is 2.90. The van der Waals surface area contributed by atoms with Gasteiger partial charge in [0.1, 0.15) is 11.6 Å². The summed E-state index contributed by atoms with van der Waals surface area (Å²) in [6.07, 6.45) is 2.51. The van der Waals surface area contributed by atoms with Crippen molar-refractivity contribution in [3.63, 3.8) is 0 Å². The number of nitrogens with zero attached hydrogens (tertiary/aromatic N) is 2. The number of aromatic nitrogens is 1. The lowest BCUT2D eigenvalue weighted by atomic mass is 10.1. The summed E-state index contributed by atoms with van der Waals surface area (Å²) in [5.41, 5.74) is 7.92. The average Bonchev–Trinajstić information content (AvgIpc) is 2.99. The number of pyridine rings is 1. The summed E-state index contributed by atoms with van der Waals surface area (Å²) in [5, 5.41) is 1.15. The predicted octanol–water partition coefficient (Wildman–Crippen LogP) is 2.97. The summed E-state index contributed by atoms with van der Waals surface area (Å²) < 4.78 is 5.42. The van der Waals surface area contributed by atoms with Gasteiger partial charge in [0.25, 0.3) is 0 Å². The van der Waals surface area contributed by atoms with Crippen LogP contribution in [0.5, 0.6) is 0 Å². The zero-order chi connectivity index (χ0) is 14.7. The Bertz CT molecular complexity index is 722. The fourth-order valence-electron chi connectivity index (χ4n) is 2.53. The summed E-state index contributed by atoms with van der Waals surface area (Å²) in [7, 11) is 2.03. The number of anilines is 1.